The molecule has 1 saturated heterocycles. The molecule has 1 amide bonds. The van der Waals surface area contributed by atoms with Crippen molar-refractivity contribution in [1.29, 1.82) is 0 Å². The molecule has 1 aliphatic rings. The summed E-state index contributed by atoms with van der Waals surface area (Å²) in [6.45, 7) is 9.34. The first-order chi connectivity index (χ1) is 13.1. The number of carbonyl (C=O) groups is 2. The first-order valence-corrected chi connectivity index (χ1v) is 9.32. The Morgan fingerprint density at radius 3 is 2.36 bits per heavy atom. The molecule has 1 aromatic rings. The van der Waals surface area contributed by atoms with Gasteiger partial charge in [-0.2, -0.15) is 0 Å². The Balaban J connectivity index is 2.10. The van der Waals surface area contributed by atoms with Crippen LogP contribution >= 0.6 is 0 Å². The molecule has 1 fully saturated rings. The van der Waals surface area contributed by atoms with E-state index in [2.05, 4.69) is 9.88 Å². The lowest BCUT2D eigenvalue weighted by atomic mass is 10.2. The van der Waals surface area contributed by atoms with Gasteiger partial charge < -0.3 is 24.2 Å². The fourth-order valence-electron chi connectivity index (χ4n) is 2.69. The van der Waals surface area contributed by atoms with E-state index in [1.807, 2.05) is 47.0 Å². The summed E-state index contributed by atoms with van der Waals surface area (Å²) in [5.74, 6) is 0.411. The van der Waals surface area contributed by atoms with Crippen molar-refractivity contribution in [3.05, 3.63) is 30.3 Å². The molecule has 0 aliphatic carbocycles. The number of ether oxygens (including phenoxy) is 2. The van der Waals surface area contributed by atoms with Gasteiger partial charge in [-0.05, 0) is 32.9 Å². The van der Waals surface area contributed by atoms with Gasteiger partial charge in [0.1, 0.15) is 11.3 Å². The molecule has 0 unspecified atom stereocenters. The zero-order valence-electron chi connectivity index (χ0n) is 17.6. The maximum Gasteiger partial charge on any atom is 0.410 e. The maximum atomic E-state index is 12.2. The monoisotopic (exact) mass is 390 g/mol. The summed E-state index contributed by atoms with van der Waals surface area (Å²) in [5.41, 5.74) is 0.276. The zero-order chi connectivity index (χ0) is 20.9. The molecule has 154 valence electrons. The second-order valence-electron chi connectivity index (χ2n) is 7.90. The Bertz CT molecular complexity index is 732. The van der Waals surface area contributed by atoms with Crippen LogP contribution in [-0.4, -0.2) is 72.5 Å². The Labute approximate surface area is 166 Å². The van der Waals surface area contributed by atoms with Crippen molar-refractivity contribution < 1.29 is 19.1 Å². The van der Waals surface area contributed by atoms with Gasteiger partial charge in [0.25, 0.3) is 0 Å². The van der Waals surface area contributed by atoms with Crippen LogP contribution in [0.4, 0.5) is 10.5 Å². The van der Waals surface area contributed by atoms with Crippen LogP contribution in [0.5, 0.6) is 5.88 Å². The first-order valence-electron chi connectivity index (χ1n) is 9.32. The smallest absolute Gasteiger partial charge is 0.410 e. The molecule has 0 atom stereocenters. The zero-order valence-corrected chi connectivity index (χ0v) is 17.6. The highest BCUT2D eigenvalue weighted by atomic mass is 16.6. The van der Waals surface area contributed by atoms with Gasteiger partial charge in [-0.15, -0.1) is 0 Å². The summed E-state index contributed by atoms with van der Waals surface area (Å²) in [7, 11) is 3.64. The normalized spacial score (nSPS) is 15.3. The van der Waals surface area contributed by atoms with Crippen molar-refractivity contribution in [1.82, 2.24) is 14.8 Å². The number of carbonyl (C=O) groups excluding carboxylic acids is 2. The number of hydrogen-bond donors (Lipinski definition) is 0. The predicted molar refractivity (Wildman–Crippen MR) is 107 cm³/mol. The lowest BCUT2D eigenvalue weighted by molar-refractivity contribution is -0.115. The molecule has 0 aromatic carbocycles. The van der Waals surface area contributed by atoms with Crippen molar-refractivity contribution in [2.45, 2.75) is 33.3 Å². The van der Waals surface area contributed by atoms with Crippen LogP contribution in [0.2, 0.25) is 0 Å². The SMILES string of the molecule is CC(=O)C(=CN(C)C)Oc1ncccc1N1CCN(C(=O)OC(C)(C)C)CC1. The van der Waals surface area contributed by atoms with Gasteiger partial charge in [0, 0.05) is 59.6 Å². The fraction of sp³-hybridized carbons (Fsp3) is 0.550. The molecule has 0 bridgehead atoms. The second kappa shape index (κ2) is 8.95. The highest BCUT2D eigenvalue weighted by Crippen LogP contribution is 2.28. The third-order valence-corrected chi connectivity index (χ3v) is 3.95. The number of nitrogens with zero attached hydrogens (tertiary/aromatic N) is 4. The largest absolute Gasteiger partial charge is 0.444 e. The van der Waals surface area contributed by atoms with Crippen molar-refractivity contribution >= 4 is 17.6 Å². The molecule has 28 heavy (non-hydrogen) atoms. The molecule has 0 radical (unpaired) electrons. The fourth-order valence-corrected chi connectivity index (χ4v) is 2.69. The highest BCUT2D eigenvalue weighted by Gasteiger charge is 2.27. The standard InChI is InChI=1S/C20H30N4O4/c1-15(25)17(14-22(5)6)27-18-16(8-7-9-21-18)23-10-12-24(13-11-23)19(26)28-20(2,3)4/h7-9,14H,10-13H2,1-6H3. The molecule has 8 nitrogen and oxygen atoms in total. The van der Waals surface area contributed by atoms with E-state index < -0.39 is 5.60 Å². The molecule has 0 saturated carbocycles. The minimum Gasteiger partial charge on any atom is -0.444 e. The summed E-state index contributed by atoms with van der Waals surface area (Å²) in [4.78, 5) is 34.0. The Hall–Kier alpha value is -2.77. The Kier molecular flexibility index (Phi) is 6.88. The number of aromatic nitrogens is 1. The van der Waals surface area contributed by atoms with Crippen molar-refractivity contribution in [3.63, 3.8) is 0 Å². The van der Waals surface area contributed by atoms with E-state index >= 15 is 0 Å². The Morgan fingerprint density at radius 1 is 1.18 bits per heavy atom. The second-order valence-corrected chi connectivity index (χ2v) is 7.90. The van der Waals surface area contributed by atoms with Crippen LogP contribution in [0.3, 0.4) is 0 Å². The molecule has 0 spiro atoms. The van der Waals surface area contributed by atoms with Crippen molar-refractivity contribution in [2.24, 2.45) is 0 Å². The van der Waals surface area contributed by atoms with E-state index in [0.717, 1.165) is 5.69 Å². The molecular weight excluding hydrogens is 360 g/mol. The minimum absolute atomic E-state index is 0.181. The Morgan fingerprint density at radius 2 is 1.82 bits per heavy atom. The van der Waals surface area contributed by atoms with Crippen LogP contribution < -0.4 is 9.64 Å². The van der Waals surface area contributed by atoms with Crippen LogP contribution in [0.15, 0.2) is 30.3 Å². The van der Waals surface area contributed by atoms with E-state index in [4.69, 9.17) is 9.47 Å². The van der Waals surface area contributed by atoms with Gasteiger partial charge in [0.15, 0.2) is 11.5 Å². The van der Waals surface area contributed by atoms with Crippen molar-refractivity contribution in [2.75, 3.05) is 45.2 Å². The van der Waals surface area contributed by atoms with Gasteiger partial charge >= 0.3 is 6.09 Å². The van der Waals surface area contributed by atoms with Gasteiger partial charge in [0.2, 0.25) is 5.88 Å². The number of anilines is 1. The summed E-state index contributed by atoms with van der Waals surface area (Å²) in [6, 6.07) is 3.73. The van der Waals surface area contributed by atoms with Gasteiger partial charge in [-0.3, -0.25) is 4.79 Å². The van der Waals surface area contributed by atoms with Gasteiger partial charge in [-0.1, -0.05) is 0 Å². The lowest BCUT2D eigenvalue weighted by Crippen LogP contribution is -2.50. The third-order valence-electron chi connectivity index (χ3n) is 3.95. The topological polar surface area (TPSA) is 75.2 Å². The van der Waals surface area contributed by atoms with Gasteiger partial charge in [-0.25, -0.2) is 9.78 Å². The number of rotatable bonds is 5. The number of hydrogen-bond acceptors (Lipinski definition) is 7. The summed E-state index contributed by atoms with van der Waals surface area (Å²) >= 11 is 0. The van der Waals surface area contributed by atoms with Crippen LogP contribution in [0.1, 0.15) is 27.7 Å². The highest BCUT2D eigenvalue weighted by molar-refractivity contribution is 5.91. The molecule has 1 aliphatic heterocycles. The summed E-state index contributed by atoms with van der Waals surface area (Å²) in [6.07, 6.45) is 2.95. The van der Waals surface area contributed by atoms with Crippen LogP contribution in [0.25, 0.3) is 0 Å². The maximum absolute atomic E-state index is 12.2. The number of pyridine rings is 1. The van der Waals surface area contributed by atoms with E-state index in [0.29, 0.717) is 32.1 Å². The summed E-state index contributed by atoms with van der Waals surface area (Å²) < 4.78 is 11.3. The summed E-state index contributed by atoms with van der Waals surface area (Å²) in [5, 5.41) is 0. The minimum atomic E-state index is -0.513. The quantitative estimate of drug-likeness (QED) is 0.565. The third kappa shape index (κ3) is 6.14. The van der Waals surface area contributed by atoms with E-state index in [1.165, 1.54) is 6.92 Å². The van der Waals surface area contributed by atoms with Gasteiger partial charge in [0.05, 0.1) is 0 Å². The number of allylic oxidation sites excluding steroid dienone is 1. The number of amides is 1. The molecular formula is C20H30N4O4. The number of Topliss-reactive ketones (excluding diaryl/α,β-unsaturated/α-hetero) is 1. The molecule has 0 N–H and O–H groups in total. The molecule has 2 heterocycles. The molecule has 8 heteroatoms. The van der Waals surface area contributed by atoms with E-state index in [1.54, 1.807) is 22.2 Å². The first kappa shape index (κ1) is 21.5. The van der Waals surface area contributed by atoms with Crippen LogP contribution in [-0.2, 0) is 9.53 Å². The lowest BCUT2D eigenvalue weighted by Gasteiger charge is -2.37. The van der Waals surface area contributed by atoms with E-state index in [9.17, 15) is 9.59 Å². The number of piperazine rings is 1. The van der Waals surface area contributed by atoms with Crippen LogP contribution in [0, 0.1) is 0 Å². The molecule has 2 rings (SSSR count). The number of ketones is 1. The average Bonchev–Trinajstić information content (AvgIpc) is 2.60. The predicted octanol–water partition coefficient (Wildman–Crippen LogP) is 2.51. The van der Waals surface area contributed by atoms with E-state index in [-0.39, 0.29) is 17.6 Å². The molecule has 1 aromatic heterocycles. The average molecular weight is 390 g/mol. The van der Waals surface area contributed by atoms with Crippen molar-refractivity contribution in [3.8, 4) is 5.88 Å².